The molecule has 3 rings (SSSR count). The molecule has 0 fully saturated rings. The molecule has 2 aromatic rings. The van der Waals surface area contributed by atoms with Gasteiger partial charge in [0.05, 0.1) is 11.6 Å². The summed E-state index contributed by atoms with van der Waals surface area (Å²) in [4.78, 5) is 25.6. The summed E-state index contributed by atoms with van der Waals surface area (Å²) in [7, 11) is 0. The number of aromatic nitrogens is 1. The molecule has 0 bridgehead atoms. The van der Waals surface area contributed by atoms with Crippen LogP contribution in [0.5, 0.6) is 0 Å². The van der Waals surface area contributed by atoms with E-state index >= 15 is 0 Å². The van der Waals surface area contributed by atoms with E-state index in [1.54, 1.807) is 23.2 Å². The molecule has 1 aliphatic rings. The van der Waals surface area contributed by atoms with Crippen molar-refractivity contribution in [3.8, 4) is 0 Å². The maximum atomic E-state index is 12.9. The second kappa shape index (κ2) is 6.66. The number of pyridine rings is 1. The third-order valence-electron chi connectivity index (χ3n) is 4.27. The molecular weight excluding hydrogens is 304 g/mol. The van der Waals surface area contributed by atoms with E-state index in [0.717, 1.165) is 5.56 Å². The van der Waals surface area contributed by atoms with Crippen molar-refractivity contribution < 1.29 is 19.3 Å². The van der Waals surface area contributed by atoms with Crippen molar-refractivity contribution in [1.82, 2.24) is 4.90 Å². The van der Waals surface area contributed by atoms with E-state index < -0.39 is 0 Å². The molecule has 0 radical (unpaired) electrons. The minimum atomic E-state index is -0.310. The van der Waals surface area contributed by atoms with Gasteiger partial charge < -0.3 is 10.0 Å². The SMILES string of the molecule is C[C@@H](c1ccccc1)N1CCC([O-])=C([n+]2cccc(C=O)c2)C1=O. The smallest absolute Gasteiger partial charge is 0.318 e. The predicted octanol–water partition coefficient (Wildman–Crippen LogP) is 1.31. The molecule has 1 aromatic carbocycles. The van der Waals surface area contributed by atoms with E-state index in [4.69, 9.17) is 0 Å². The number of carbonyl (C=O) groups is 2. The Bertz CT molecular complexity index is 799. The molecule has 122 valence electrons. The highest BCUT2D eigenvalue weighted by molar-refractivity contribution is 6.11. The lowest BCUT2D eigenvalue weighted by Crippen LogP contribution is -2.49. The summed E-state index contributed by atoms with van der Waals surface area (Å²) in [6.07, 6.45) is 4.10. The van der Waals surface area contributed by atoms with Gasteiger partial charge in [0.2, 0.25) is 0 Å². The van der Waals surface area contributed by atoms with Crippen LogP contribution in [-0.2, 0) is 4.79 Å². The molecular formula is C19H18N2O3. The number of carbonyl (C=O) groups excluding carboxylic acids is 2. The van der Waals surface area contributed by atoms with Crippen molar-refractivity contribution >= 4 is 17.9 Å². The zero-order valence-corrected chi connectivity index (χ0v) is 13.4. The fraction of sp³-hybridized carbons (Fsp3) is 0.211. The molecule has 5 heteroatoms. The average Bonchev–Trinajstić information content (AvgIpc) is 2.62. The zero-order chi connectivity index (χ0) is 17.1. The van der Waals surface area contributed by atoms with E-state index in [1.807, 2.05) is 37.3 Å². The lowest BCUT2D eigenvalue weighted by molar-refractivity contribution is -0.583. The normalized spacial score (nSPS) is 16.2. The van der Waals surface area contributed by atoms with Crippen LogP contribution in [-0.4, -0.2) is 23.6 Å². The second-order valence-corrected chi connectivity index (χ2v) is 5.77. The first-order chi connectivity index (χ1) is 11.6. The molecule has 0 N–H and O–H groups in total. The molecule has 0 saturated carbocycles. The number of rotatable bonds is 4. The highest BCUT2D eigenvalue weighted by Crippen LogP contribution is 2.26. The minimum Gasteiger partial charge on any atom is -0.871 e. The third kappa shape index (κ3) is 2.93. The van der Waals surface area contributed by atoms with Crippen LogP contribution >= 0.6 is 0 Å². The third-order valence-corrected chi connectivity index (χ3v) is 4.27. The van der Waals surface area contributed by atoms with Gasteiger partial charge in [-0.25, -0.2) is 0 Å². The monoisotopic (exact) mass is 322 g/mol. The molecule has 0 spiro atoms. The fourth-order valence-electron chi connectivity index (χ4n) is 2.94. The molecule has 1 aliphatic heterocycles. The highest BCUT2D eigenvalue weighted by atomic mass is 16.3. The van der Waals surface area contributed by atoms with Gasteiger partial charge in [-0.1, -0.05) is 30.3 Å². The first-order valence-electron chi connectivity index (χ1n) is 7.84. The van der Waals surface area contributed by atoms with Crippen LogP contribution in [0.4, 0.5) is 0 Å². The molecule has 5 nitrogen and oxygen atoms in total. The number of hydrogen-bond acceptors (Lipinski definition) is 3. The summed E-state index contributed by atoms with van der Waals surface area (Å²) < 4.78 is 1.46. The van der Waals surface area contributed by atoms with Crippen LogP contribution in [0.1, 0.15) is 35.3 Å². The van der Waals surface area contributed by atoms with Crippen molar-refractivity contribution in [1.29, 1.82) is 0 Å². The molecule has 2 heterocycles. The van der Waals surface area contributed by atoms with E-state index in [0.29, 0.717) is 18.4 Å². The zero-order valence-electron chi connectivity index (χ0n) is 13.4. The molecule has 0 aliphatic carbocycles. The van der Waals surface area contributed by atoms with E-state index in [2.05, 4.69) is 0 Å². The van der Waals surface area contributed by atoms with Gasteiger partial charge >= 0.3 is 5.91 Å². The molecule has 1 aromatic heterocycles. The van der Waals surface area contributed by atoms with Gasteiger partial charge in [-0.2, -0.15) is 4.57 Å². The average molecular weight is 322 g/mol. The number of aldehydes is 1. The Morgan fingerprint density at radius 3 is 2.67 bits per heavy atom. The second-order valence-electron chi connectivity index (χ2n) is 5.77. The summed E-state index contributed by atoms with van der Waals surface area (Å²) in [6.45, 7) is 2.35. The Hall–Kier alpha value is -2.95. The van der Waals surface area contributed by atoms with Crippen molar-refractivity contribution in [2.24, 2.45) is 0 Å². The van der Waals surface area contributed by atoms with Crippen molar-refractivity contribution in [3.63, 3.8) is 0 Å². The van der Waals surface area contributed by atoms with E-state index in [9.17, 15) is 14.7 Å². The fourth-order valence-corrected chi connectivity index (χ4v) is 2.94. The number of amides is 1. The van der Waals surface area contributed by atoms with Crippen LogP contribution in [0, 0.1) is 0 Å². The van der Waals surface area contributed by atoms with Gasteiger partial charge in [-0.05, 0) is 30.7 Å². The Morgan fingerprint density at radius 1 is 1.21 bits per heavy atom. The molecule has 1 atom stereocenters. The number of hydrogen-bond donors (Lipinski definition) is 0. The van der Waals surface area contributed by atoms with Gasteiger partial charge in [-0.15, -0.1) is 0 Å². The minimum absolute atomic E-state index is 0.0905. The van der Waals surface area contributed by atoms with Crippen LogP contribution in [0.25, 0.3) is 5.70 Å². The standard InChI is InChI=1S/C19H18N2O3/c1-14(16-7-3-2-4-8-16)21-11-9-17(23)18(19(21)24)20-10-5-6-15(12-20)13-22/h2-8,10,12-14H,9,11H2,1H3/t14-/m0/s1. The number of benzene rings is 1. The van der Waals surface area contributed by atoms with Crippen molar-refractivity contribution in [2.75, 3.05) is 6.54 Å². The first-order valence-corrected chi connectivity index (χ1v) is 7.84. The highest BCUT2D eigenvalue weighted by Gasteiger charge is 2.33. The van der Waals surface area contributed by atoms with Crippen LogP contribution in [0.15, 0.2) is 60.6 Å². The van der Waals surface area contributed by atoms with Gasteiger partial charge in [0.1, 0.15) is 0 Å². The maximum Gasteiger partial charge on any atom is 0.318 e. The molecule has 0 unspecified atom stereocenters. The summed E-state index contributed by atoms with van der Waals surface area (Å²) in [5.74, 6) is -0.514. The first kappa shape index (κ1) is 15.9. The van der Waals surface area contributed by atoms with Gasteiger partial charge in [0.25, 0.3) is 5.70 Å². The molecule has 1 amide bonds. The Kier molecular flexibility index (Phi) is 4.42. The number of nitrogens with zero attached hydrogens (tertiary/aromatic N) is 2. The maximum absolute atomic E-state index is 12.9. The van der Waals surface area contributed by atoms with Crippen LogP contribution < -0.4 is 9.67 Å². The van der Waals surface area contributed by atoms with Crippen molar-refractivity contribution in [3.05, 3.63) is 71.7 Å². The topological polar surface area (TPSA) is 64.3 Å². The van der Waals surface area contributed by atoms with E-state index in [-0.39, 0.29) is 29.8 Å². The van der Waals surface area contributed by atoms with Gasteiger partial charge in [-0.3, -0.25) is 9.59 Å². The van der Waals surface area contributed by atoms with E-state index in [1.165, 1.54) is 10.8 Å². The summed E-state index contributed by atoms with van der Waals surface area (Å²) in [5, 5.41) is 12.3. The van der Waals surface area contributed by atoms with Gasteiger partial charge in [0, 0.05) is 12.6 Å². The Labute approximate surface area is 140 Å². The lowest BCUT2D eigenvalue weighted by Gasteiger charge is -2.34. The van der Waals surface area contributed by atoms with Crippen LogP contribution in [0.2, 0.25) is 0 Å². The van der Waals surface area contributed by atoms with Gasteiger partial charge in [0.15, 0.2) is 18.7 Å². The molecule has 24 heavy (non-hydrogen) atoms. The van der Waals surface area contributed by atoms with Crippen LogP contribution in [0.3, 0.4) is 0 Å². The summed E-state index contributed by atoms with van der Waals surface area (Å²) in [5.41, 5.74) is 1.53. The van der Waals surface area contributed by atoms with Crippen molar-refractivity contribution in [2.45, 2.75) is 19.4 Å². The quantitative estimate of drug-likeness (QED) is 0.630. The molecule has 0 saturated heterocycles. The summed E-state index contributed by atoms with van der Waals surface area (Å²) in [6, 6.07) is 12.9. The Balaban J connectivity index is 1.95. The summed E-state index contributed by atoms with van der Waals surface area (Å²) >= 11 is 0. The largest absolute Gasteiger partial charge is 0.871 e. The Morgan fingerprint density at radius 2 is 1.96 bits per heavy atom. The lowest BCUT2D eigenvalue weighted by atomic mass is 10.0. The predicted molar refractivity (Wildman–Crippen MR) is 86.4 cm³/mol.